The van der Waals surface area contributed by atoms with Gasteiger partial charge in [-0.15, -0.1) is 0 Å². The zero-order valence-corrected chi connectivity index (χ0v) is 30.9. The molecule has 0 saturated carbocycles. The van der Waals surface area contributed by atoms with Crippen LogP contribution in [0.1, 0.15) is 155 Å². The zero-order valence-electron chi connectivity index (χ0n) is 30.9. The number of unbranched alkanes of at least 4 members (excludes halogenated alkanes) is 12. The fraction of sp³-hybridized carbons (Fsp3) is 0.674. The van der Waals surface area contributed by atoms with E-state index in [1.165, 1.54) is 114 Å². The maximum Gasteiger partial charge on any atom is 0.137 e. The summed E-state index contributed by atoms with van der Waals surface area (Å²) >= 11 is 0. The van der Waals surface area contributed by atoms with Crippen LogP contribution in [0.2, 0.25) is 0 Å². The molecule has 0 saturated heterocycles. The summed E-state index contributed by atoms with van der Waals surface area (Å²) in [6.45, 7) is 17.6. The first-order valence-corrected chi connectivity index (χ1v) is 19.3. The van der Waals surface area contributed by atoms with Crippen LogP contribution in [0.5, 0.6) is 0 Å². The first-order valence-electron chi connectivity index (χ1n) is 19.3. The highest BCUT2D eigenvalue weighted by atomic mass is 16.5. The molecule has 4 unspecified atom stereocenters. The molecule has 0 bridgehead atoms. The van der Waals surface area contributed by atoms with Gasteiger partial charge in [0.25, 0.3) is 0 Å². The maximum atomic E-state index is 6.05. The van der Waals surface area contributed by atoms with Gasteiger partial charge in [0.2, 0.25) is 0 Å². The van der Waals surface area contributed by atoms with Gasteiger partial charge in [-0.1, -0.05) is 161 Å². The number of hydrogen-bond donors (Lipinski definition) is 2. The lowest BCUT2D eigenvalue weighted by Crippen LogP contribution is -2.43. The Morgan fingerprint density at radius 3 is 1.24 bits per heavy atom. The Morgan fingerprint density at radius 2 is 0.891 bits per heavy atom. The van der Waals surface area contributed by atoms with E-state index in [2.05, 4.69) is 107 Å². The molecule has 0 radical (unpaired) electrons. The fourth-order valence-corrected chi connectivity index (χ4v) is 6.85. The first-order chi connectivity index (χ1) is 22.4. The molecule has 0 aromatic heterocycles. The van der Waals surface area contributed by atoms with Gasteiger partial charge in [0.05, 0.1) is 18.3 Å². The van der Waals surface area contributed by atoms with Crippen molar-refractivity contribution in [3.63, 3.8) is 0 Å². The maximum absolute atomic E-state index is 6.05. The number of nitrogens with one attached hydrogen (secondary N) is 2. The molecule has 2 aromatic rings. The quantitative estimate of drug-likeness (QED) is 0.0723. The average molecular weight is 633 g/mol. The van der Waals surface area contributed by atoms with Crippen molar-refractivity contribution in [1.82, 2.24) is 0 Å². The summed E-state index contributed by atoms with van der Waals surface area (Å²) in [4.78, 5) is 0. The van der Waals surface area contributed by atoms with Crippen molar-refractivity contribution in [2.24, 2.45) is 11.8 Å². The Bertz CT molecular complexity index is 923. The minimum absolute atomic E-state index is 0.0687. The Morgan fingerprint density at radius 1 is 0.543 bits per heavy atom. The minimum atomic E-state index is -0.0687. The molecule has 4 atom stereocenters. The number of rotatable bonds is 28. The largest absolute Gasteiger partial charge is 0.494 e. The molecule has 0 aliphatic heterocycles. The van der Waals surface area contributed by atoms with Gasteiger partial charge in [0.1, 0.15) is 6.10 Å². The van der Waals surface area contributed by atoms with Gasteiger partial charge in [-0.05, 0) is 73.9 Å². The lowest BCUT2D eigenvalue weighted by Gasteiger charge is -2.31. The number of anilines is 2. The molecule has 0 aliphatic rings. The third kappa shape index (κ3) is 17.5. The van der Waals surface area contributed by atoms with E-state index in [-0.39, 0.29) is 18.2 Å². The third-order valence-electron chi connectivity index (χ3n) is 9.70. The molecule has 2 aromatic carbocycles. The van der Waals surface area contributed by atoms with E-state index in [0.717, 1.165) is 36.1 Å². The van der Waals surface area contributed by atoms with Crippen molar-refractivity contribution in [2.45, 2.75) is 175 Å². The molecule has 2 N–H and O–H groups in total. The van der Waals surface area contributed by atoms with Gasteiger partial charge in [-0.3, -0.25) is 0 Å². The van der Waals surface area contributed by atoms with Crippen molar-refractivity contribution in [3.8, 4) is 0 Å². The van der Waals surface area contributed by atoms with Crippen LogP contribution in [-0.2, 0) is 17.6 Å². The molecular formula is C43H72N2O. The Balaban J connectivity index is 1.76. The molecule has 0 spiro atoms. The molecule has 3 heteroatoms. The normalized spacial score (nSPS) is 14.7. The second-order valence-corrected chi connectivity index (χ2v) is 14.5. The molecule has 260 valence electrons. The summed E-state index contributed by atoms with van der Waals surface area (Å²) in [6, 6.07) is 18.3. The predicted molar refractivity (Wildman–Crippen MR) is 205 cm³/mol. The SMILES string of the molecule is C=COC(C(C)Nc1ccc(CC(C)CCCCCCCCC)cc1)C(C)Nc1ccc(CC(C)CCCCCCCCC)cc1. The fourth-order valence-electron chi connectivity index (χ4n) is 6.85. The lowest BCUT2D eigenvalue weighted by molar-refractivity contribution is 0.117. The minimum Gasteiger partial charge on any atom is -0.494 e. The lowest BCUT2D eigenvalue weighted by atomic mass is 9.95. The topological polar surface area (TPSA) is 33.3 Å². The van der Waals surface area contributed by atoms with Gasteiger partial charge >= 0.3 is 0 Å². The molecular weight excluding hydrogens is 560 g/mol. The van der Waals surface area contributed by atoms with Crippen LogP contribution in [0.15, 0.2) is 61.4 Å². The van der Waals surface area contributed by atoms with Crippen molar-refractivity contribution >= 4 is 11.4 Å². The standard InChI is InChI=1S/C43H72N2O/c1-8-11-13-15-17-19-21-23-35(4)33-39-25-29-41(30-26-39)44-37(6)43(46-10-3)38(7)45-42-31-27-40(28-32-42)34-36(5)24-22-20-18-16-14-12-9-2/h10,25-32,35-38,43-45H,3,8-9,11-24,33-34H2,1-2,4-7H3. The van der Waals surface area contributed by atoms with Crippen LogP contribution in [0.25, 0.3) is 0 Å². The molecule has 2 rings (SSSR count). The monoisotopic (exact) mass is 633 g/mol. The van der Waals surface area contributed by atoms with E-state index in [0.29, 0.717) is 0 Å². The van der Waals surface area contributed by atoms with Crippen LogP contribution in [0.3, 0.4) is 0 Å². The first kappa shape index (κ1) is 39.8. The molecule has 0 amide bonds. The number of ether oxygens (including phenoxy) is 1. The van der Waals surface area contributed by atoms with Crippen LogP contribution >= 0.6 is 0 Å². The number of benzene rings is 2. The summed E-state index contributed by atoms with van der Waals surface area (Å²) in [6.07, 6.45) is 25.9. The van der Waals surface area contributed by atoms with Crippen molar-refractivity contribution in [3.05, 3.63) is 72.5 Å². The Labute approximate surface area is 285 Å². The van der Waals surface area contributed by atoms with Crippen molar-refractivity contribution < 1.29 is 4.74 Å². The van der Waals surface area contributed by atoms with E-state index in [4.69, 9.17) is 4.74 Å². The third-order valence-corrected chi connectivity index (χ3v) is 9.70. The average Bonchev–Trinajstić information content (AvgIpc) is 3.04. The van der Waals surface area contributed by atoms with E-state index < -0.39 is 0 Å². The number of hydrogen-bond acceptors (Lipinski definition) is 3. The highest BCUT2D eigenvalue weighted by Crippen LogP contribution is 2.22. The predicted octanol–water partition coefficient (Wildman–Crippen LogP) is 13.2. The zero-order chi connectivity index (χ0) is 33.4. The van der Waals surface area contributed by atoms with Gasteiger partial charge in [0, 0.05) is 11.4 Å². The molecule has 0 aliphatic carbocycles. The van der Waals surface area contributed by atoms with Crippen LogP contribution in [-0.4, -0.2) is 18.2 Å². The van der Waals surface area contributed by atoms with Gasteiger partial charge in [-0.2, -0.15) is 0 Å². The highest BCUT2D eigenvalue weighted by molar-refractivity contribution is 5.47. The van der Waals surface area contributed by atoms with Crippen LogP contribution in [0, 0.1) is 11.8 Å². The van der Waals surface area contributed by atoms with Crippen molar-refractivity contribution in [2.75, 3.05) is 10.6 Å². The van der Waals surface area contributed by atoms with E-state index in [9.17, 15) is 0 Å². The van der Waals surface area contributed by atoms with E-state index >= 15 is 0 Å². The molecule has 3 nitrogen and oxygen atoms in total. The van der Waals surface area contributed by atoms with Crippen LogP contribution < -0.4 is 10.6 Å². The second kappa shape index (κ2) is 24.7. The van der Waals surface area contributed by atoms with E-state index in [1.807, 2.05) is 0 Å². The summed E-state index contributed by atoms with van der Waals surface area (Å²) in [7, 11) is 0. The second-order valence-electron chi connectivity index (χ2n) is 14.5. The Kier molecular flexibility index (Phi) is 21.4. The summed E-state index contributed by atoms with van der Waals surface area (Å²) in [5.41, 5.74) is 5.13. The smallest absolute Gasteiger partial charge is 0.137 e. The van der Waals surface area contributed by atoms with Gasteiger partial charge in [0.15, 0.2) is 0 Å². The van der Waals surface area contributed by atoms with Crippen LogP contribution in [0.4, 0.5) is 11.4 Å². The summed E-state index contributed by atoms with van der Waals surface area (Å²) in [5, 5.41) is 7.38. The molecule has 0 fully saturated rings. The van der Waals surface area contributed by atoms with Crippen molar-refractivity contribution in [1.29, 1.82) is 0 Å². The molecule has 46 heavy (non-hydrogen) atoms. The Hall–Kier alpha value is -2.42. The summed E-state index contributed by atoms with van der Waals surface area (Å²) < 4.78 is 6.05. The van der Waals surface area contributed by atoms with Gasteiger partial charge in [-0.25, -0.2) is 0 Å². The van der Waals surface area contributed by atoms with E-state index in [1.54, 1.807) is 6.26 Å². The summed E-state index contributed by atoms with van der Waals surface area (Å²) in [5.74, 6) is 1.47. The van der Waals surface area contributed by atoms with Gasteiger partial charge < -0.3 is 15.4 Å². The highest BCUT2D eigenvalue weighted by Gasteiger charge is 2.25. The molecule has 0 heterocycles.